The number of halogens is 2. The number of aromatic nitrogens is 3. The molecule has 1 atom stereocenters. The molecule has 1 aliphatic rings. The lowest BCUT2D eigenvalue weighted by Crippen LogP contribution is -2.25. The van der Waals surface area contributed by atoms with Crippen LogP contribution in [0.25, 0.3) is 32.8 Å². The molecule has 3 aromatic carbocycles. The normalized spacial score (nSPS) is 15.5. The van der Waals surface area contributed by atoms with Crippen LogP contribution in [0.15, 0.2) is 60.8 Å². The van der Waals surface area contributed by atoms with Gasteiger partial charge in [-0.15, -0.1) is 0 Å². The summed E-state index contributed by atoms with van der Waals surface area (Å²) in [6.45, 7) is 6.02. The molecule has 2 aromatic heterocycles. The van der Waals surface area contributed by atoms with Crippen molar-refractivity contribution in [3.63, 3.8) is 0 Å². The van der Waals surface area contributed by atoms with E-state index in [1.54, 1.807) is 37.4 Å². The van der Waals surface area contributed by atoms with Gasteiger partial charge in [0.05, 0.1) is 36.2 Å². The predicted molar refractivity (Wildman–Crippen MR) is 162 cm³/mol. The van der Waals surface area contributed by atoms with Gasteiger partial charge in [0.25, 0.3) is 0 Å². The van der Waals surface area contributed by atoms with E-state index in [2.05, 4.69) is 5.10 Å². The van der Waals surface area contributed by atoms with Gasteiger partial charge < -0.3 is 19.3 Å². The number of carbonyl (C=O) groups excluding carboxylic acids is 1. The molecule has 1 saturated heterocycles. The van der Waals surface area contributed by atoms with E-state index in [4.69, 9.17) is 19.2 Å². The standard InChI is InChI=1S/C34H33F2N3O5/c1-4-42-33(41)20-8-11-23(12-9-20)44-32-25-17-28-22(18-37-39(28)29-7-5-6-14-43-29)15-24(25)30(31(38-32)34(2,3)19-40)21-10-13-26(35)27(36)16-21/h8-13,15-18,29,40H,4-7,14,19H2,1-3H3. The molecule has 1 aliphatic heterocycles. The van der Waals surface area contributed by atoms with Gasteiger partial charge in [0.15, 0.2) is 17.9 Å². The molecule has 1 N–H and O–H groups in total. The molecule has 0 aliphatic carbocycles. The van der Waals surface area contributed by atoms with Crippen molar-refractivity contribution in [2.45, 2.75) is 51.7 Å². The zero-order valence-electron chi connectivity index (χ0n) is 24.8. The average molecular weight is 602 g/mol. The highest BCUT2D eigenvalue weighted by Gasteiger charge is 2.30. The Morgan fingerprint density at radius 1 is 1.07 bits per heavy atom. The zero-order valence-corrected chi connectivity index (χ0v) is 24.8. The van der Waals surface area contributed by atoms with Gasteiger partial charge in [-0.3, -0.25) is 0 Å². The van der Waals surface area contributed by atoms with E-state index in [-0.39, 0.29) is 25.3 Å². The SMILES string of the molecule is CCOC(=O)c1ccc(Oc2nc(C(C)(C)CO)c(-c3ccc(F)c(F)c3)c3cc4cnn(C5CCCCO5)c4cc23)cc1. The first-order chi connectivity index (χ1) is 21.2. The summed E-state index contributed by atoms with van der Waals surface area (Å²) in [5.74, 6) is -1.73. The topological polar surface area (TPSA) is 95.7 Å². The quantitative estimate of drug-likeness (QED) is 0.184. The average Bonchev–Trinajstić information content (AvgIpc) is 3.45. The summed E-state index contributed by atoms with van der Waals surface area (Å²) in [6, 6.07) is 14.1. The Balaban J connectivity index is 1.60. The minimum atomic E-state index is -0.992. The van der Waals surface area contributed by atoms with Crippen LogP contribution in [0.5, 0.6) is 11.6 Å². The third-order valence-corrected chi connectivity index (χ3v) is 7.94. The molecule has 0 amide bonds. The van der Waals surface area contributed by atoms with Crippen LogP contribution < -0.4 is 4.74 Å². The van der Waals surface area contributed by atoms with Gasteiger partial charge in [0, 0.05) is 28.4 Å². The number of hydrogen-bond donors (Lipinski definition) is 1. The van der Waals surface area contributed by atoms with E-state index >= 15 is 0 Å². The van der Waals surface area contributed by atoms with E-state index in [1.807, 2.05) is 30.7 Å². The van der Waals surface area contributed by atoms with E-state index in [0.29, 0.717) is 45.5 Å². The molecule has 0 saturated carbocycles. The number of esters is 1. The van der Waals surface area contributed by atoms with Gasteiger partial charge in [-0.05, 0) is 85.7 Å². The number of ether oxygens (including phenoxy) is 3. The Hall–Kier alpha value is -4.41. The molecule has 0 bridgehead atoms. The molecule has 1 unspecified atom stereocenters. The lowest BCUT2D eigenvalue weighted by atomic mass is 9.82. The fourth-order valence-electron chi connectivity index (χ4n) is 5.54. The summed E-state index contributed by atoms with van der Waals surface area (Å²) in [4.78, 5) is 17.1. The van der Waals surface area contributed by atoms with Crippen LogP contribution in [0.2, 0.25) is 0 Å². The number of nitrogens with zero attached hydrogens (tertiary/aromatic N) is 3. The summed E-state index contributed by atoms with van der Waals surface area (Å²) in [5.41, 5.74) is 1.69. The monoisotopic (exact) mass is 601 g/mol. The van der Waals surface area contributed by atoms with Crippen molar-refractivity contribution in [2.75, 3.05) is 19.8 Å². The fourth-order valence-corrected chi connectivity index (χ4v) is 5.54. The molecule has 0 radical (unpaired) electrons. The number of rotatable bonds is 8. The van der Waals surface area contributed by atoms with Crippen LogP contribution >= 0.6 is 0 Å². The summed E-state index contributed by atoms with van der Waals surface area (Å²) >= 11 is 0. The molecule has 6 rings (SSSR count). The van der Waals surface area contributed by atoms with Gasteiger partial charge in [-0.25, -0.2) is 23.2 Å². The number of aliphatic hydroxyl groups is 1. The maximum Gasteiger partial charge on any atom is 0.338 e. The molecular formula is C34H33F2N3O5. The minimum Gasteiger partial charge on any atom is -0.462 e. The van der Waals surface area contributed by atoms with Crippen LogP contribution in [0.3, 0.4) is 0 Å². The van der Waals surface area contributed by atoms with E-state index < -0.39 is 23.0 Å². The molecule has 0 spiro atoms. The Labute approximate surface area is 253 Å². The minimum absolute atomic E-state index is 0.218. The highest BCUT2D eigenvalue weighted by Crippen LogP contribution is 2.44. The second-order valence-electron chi connectivity index (χ2n) is 11.5. The van der Waals surface area contributed by atoms with Crippen molar-refractivity contribution in [1.82, 2.24) is 14.8 Å². The largest absolute Gasteiger partial charge is 0.462 e. The van der Waals surface area contributed by atoms with Gasteiger partial charge >= 0.3 is 5.97 Å². The molecule has 3 heterocycles. The second kappa shape index (κ2) is 11.9. The highest BCUT2D eigenvalue weighted by molar-refractivity contribution is 6.07. The summed E-state index contributed by atoms with van der Waals surface area (Å²) in [6.07, 6.45) is 4.39. The lowest BCUT2D eigenvalue weighted by molar-refractivity contribution is -0.0366. The smallest absolute Gasteiger partial charge is 0.338 e. The van der Waals surface area contributed by atoms with Crippen LogP contribution in [0.4, 0.5) is 8.78 Å². The van der Waals surface area contributed by atoms with Crippen LogP contribution in [0, 0.1) is 11.6 Å². The molecule has 5 aromatic rings. The van der Waals surface area contributed by atoms with Crippen molar-refractivity contribution in [3.8, 4) is 22.8 Å². The van der Waals surface area contributed by atoms with Crippen molar-refractivity contribution < 1.29 is 32.9 Å². The first-order valence-electron chi connectivity index (χ1n) is 14.7. The molecule has 10 heteroatoms. The van der Waals surface area contributed by atoms with Crippen molar-refractivity contribution in [1.29, 1.82) is 0 Å². The maximum atomic E-state index is 14.6. The van der Waals surface area contributed by atoms with Crippen LogP contribution in [-0.4, -0.2) is 45.7 Å². The predicted octanol–water partition coefficient (Wildman–Crippen LogP) is 7.47. The number of hydrogen-bond acceptors (Lipinski definition) is 7. The molecule has 1 fully saturated rings. The molecular weight excluding hydrogens is 568 g/mol. The Bertz CT molecular complexity index is 1850. The van der Waals surface area contributed by atoms with Gasteiger partial charge in [-0.1, -0.05) is 19.9 Å². The molecule has 44 heavy (non-hydrogen) atoms. The fraction of sp³-hybridized carbons (Fsp3) is 0.324. The molecule has 228 valence electrons. The maximum absolute atomic E-state index is 14.6. The Morgan fingerprint density at radius 3 is 2.55 bits per heavy atom. The van der Waals surface area contributed by atoms with E-state index in [9.17, 15) is 18.7 Å². The Kier molecular flexibility index (Phi) is 8.04. The summed E-state index contributed by atoms with van der Waals surface area (Å²) in [5, 5.41) is 17.2. The number of carbonyl (C=O) groups is 1. The third kappa shape index (κ3) is 5.51. The zero-order chi connectivity index (χ0) is 31.0. The van der Waals surface area contributed by atoms with Crippen molar-refractivity contribution >= 4 is 27.6 Å². The van der Waals surface area contributed by atoms with Gasteiger partial charge in [-0.2, -0.15) is 5.10 Å². The molecule has 8 nitrogen and oxygen atoms in total. The van der Waals surface area contributed by atoms with Crippen LogP contribution in [-0.2, 0) is 14.9 Å². The third-order valence-electron chi connectivity index (χ3n) is 7.94. The van der Waals surface area contributed by atoms with E-state index in [0.717, 1.165) is 42.3 Å². The summed E-state index contributed by atoms with van der Waals surface area (Å²) < 4.78 is 48.0. The summed E-state index contributed by atoms with van der Waals surface area (Å²) in [7, 11) is 0. The van der Waals surface area contributed by atoms with E-state index in [1.165, 1.54) is 6.07 Å². The lowest BCUT2D eigenvalue weighted by Gasteiger charge is -2.27. The highest BCUT2D eigenvalue weighted by atomic mass is 19.2. The van der Waals surface area contributed by atoms with Crippen molar-refractivity contribution in [3.05, 3.63) is 83.7 Å². The number of benzene rings is 3. The number of pyridine rings is 1. The van der Waals surface area contributed by atoms with Crippen LogP contribution in [0.1, 0.15) is 62.3 Å². The second-order valence-corrected chi connectivity index (χ2v) is 11.5. The van der Waals surface area contributed by atoms with Gasteiger partial charge in [0.1, 0.15) is 5.75 Å². The Morgan fingerprint density at radius 2 is 1.86 bits per heavy atom. The first kappa shape index (κ1) is 29.7. The number of fused-ring (bicyclic) bond motifs is 2. The first-order valence-corrected chi connectivity index (χ1v) is 14.7. The van der Waals surface area contributed by atoms with Gasteiger partial charge in [0.2, 0.25) is 5.88 Å². The van der Waals surface area contributed by atoms with Crippen molar-refractivity contribution in [2.24, 2.45) is 0 Å². The number of aliphatic hydroxyl groups excluding tert-OH is 1.